The first-order chi connectivity index (χ1) is 10.1. The predicted molar refractivity (Wildman–Crippen MR) is 103 cm³/mol. The van der Waals surface area contributed by atoms with Crippen molar-refractivity contribution in [3.05, 3.63) is 12.2 Å². The topological polar surface area (TPSA) is 92.5 Å². The molecule has 0 amide bonds. The molecule has 23 heavy (non-hydrogen) atoms. The van der Waals surface area contributed by atoms with Crippen LogP contribution in [0.3, 0.4) is 0 Å². The minimum atomic E-state index is -3.15. The van der Waals surface area contributed by atoms with Crippen LogP contribution in [0.4, 0.5) is 0 Å². The molecule has 1 N–H and O–H groups in total. The summed E-state index contributed by atoms with van der Waals surface area (Å²) in [5.41, 5.74) is 0. The van der Waals surface area contributed by atoms with Gasteiger partial charge in [-0.05, 0) is 20.8 Å². The second kappa shape index (κ2) is 8.81. The number of nitrogens with one attached hydrogen (secondary N) is 1. The summed E-state index contributed by atoms with van der Waals surface area (Å²) >= 11 is 0. The zero-order valence-electron chi connectivity index (χ0n) is 14.6. The summed E-state index contributed by atoms with van der Waals surface area (Å²) in [5, 5.41) is 7.08. The van der Waals surface area contributed by atoms with Crippen LogP contribution in [0.2, 0.25) is 0 Å². The van der Waals surface area contributed by atoms with Crippen molar-refractivity contribution in [1.29, 1.82) is 0 Å². The lowest BCUT2D eigenvalue weighted by Crippen LogP contribution is -2.42. The largest absolute Gasteiger partial charge is 0.355 e. The summed E-state index contributed by atoms with van der Waals surface area (Å²) in [6.45, 7) is 5.96. The Kier molecular flexibility index (Phi) is 8.46. The summed E-state index contributed by atoms with van der Waals surface area (Å²) in [6.07, 6.45) is 1.50. The third-order valence-electron chi connectivity index (χ3n) is 3.34. The molecule has 0 atom stereocenters. The van der Waals surface area contributed by atoms with Gasteiger partial charge in [-0.2, -0.15) is 5.10 Å². The summed E-state index contributed by atoms with van der Waals surface area (Å²) < 4.78 is 25.1. The van der Waals surface area contributed by atoms with Crippen molar-refractivity contribution >= 4 is 39.8 Å². The normalized spacial score (nSPS) is 12.7. The maximum Gasteiger partial charge on any atom is 0.193 e. The Hall–Kier alpha value is -0.910. The lowest BCUT2D eigenvalue weighted by Gasteiger charge is -2.23. The van der Waals surface area contributed by atoms with E-state index in [-0.39, 0.29) is 29.7 Å². The maximum absolute atomic E-state index is 12.1. The van der Waals surface area contributed by atoms with Crippen LogP contribution in [0, 0.1) is 0 Å². The van der Waals surface area contributed by atoms with Gasteiger partial charge < -0.3 is 10.2 Å². The van der Waals surface area contributed by atoms with Crippen LogP contribution in [0.5, 0.6) is 0 Å². The maximum atomic E-state index is 12.1. The molecule has 10 heteroatoms. The zero-order chi connectivity index (χ0) is 17.0. The fourth-order valence-electron chi connectivity index (χ4n) is 1.74. The molecule has 0 saturated carbocycles. The molecule has 1 aromatic heterocycles. The second-order valence-corrected chi connectivity index (χ2v) is 8.92. The van der Waals surface area contributed by atoms with Gasteiger partial charge in [-0.1, -0.05) is 0 Å². The van der Waals surface area contributed by atoms with Gasteiger partial charge in [0.25, 0.3) is 0 Å². The van der Waals surface area contributed by atoms with Crippen molar-refractivity contribution in [3.8, 4) is 0 Å². The van der Waals surface area contributed by atoms with Gasteiger partial charge in [-0.25, -0.2) is 13.4 Å². The van der Waals surface area contributed by atoms with Crippen LogP contribution in [0.1, 0.15) is 26.6 Å². The molecule has 1 aromatic rings. The van der Waals surface area contributed by atoms with Gasteiger partial charge in [0.15, 0.2) is 15.8 Å². The van der Waals surface area contributed by atoms with Gasteiger partial charge in [0.2, 0.25) is 0 Å². The van der Waals surface area contributed by atoms with Crippen molar-refractivity contribution < 1.29 is 8.42 Å². The van der Waals surface area contributed by atoms with Gasteiger partial charge in [0.1, 0.15) is 12.2 Å². The van der Waals surface area contributed by atoms with E-state index in [1.807, 2.05) is 19.0 Å². The average molecular weight is 458 g/mol. The molecule has 0 spiro atoms. The van der Waals surface area contributed by atoms with Crippen molar-refractivity contribution in [2.75, 3.05) is 26.4 Å². The van der Waals surface area contributed by atoms with Crippen LogP contribution >= 0.6 is 24.0 Å². The van der Waals surface area contributed by atoms with E-state index in [4.69, 9.17) is 0 Å². The molecule has 0 aliphatic heterocycles. The quantitative estimate of drug-likeness (QED) is 0.396. The van der Waals surface area contributed by atoms with Crippen molar-refractivity contribution in [2.24, 2.45) is 12.0 Å². The molecule has 0 saturated heterocycles. The number of aryl methyl sites for hydroxylation is 1. The Labute approximate surface area is 155 Å². The number of sulfone groups is 1. The molecule has 1 heterocycles. The highest BCUT2D eigenvalue weighted by Crippen LogP contribution is 2.15. The van der Waals surface area contributed by atoms with Crippen LogP contribution in [0.15, 0.2) is 11.3 Å². The van der Waals surface area contributed by atoms with Crippen molar-refractivity contribution in [3.63, 3.8) is 0 Å². The minimum absolute atomic E-state index is 0. The van der Waals surface area contributed by atoms with Crippen molar-refractivity contribution in [2.45, 2.75) is 32.1 Å². The number of halogens is 1. The number of hydrogen-bond acceptors (Lipinski definition) is 5. The van der Waals surface area contributed by atoms with Crippen LogP contribution in [-0.2, 0) is 23.4 Å². The Balaban J connectivity index is 0.00000484. The van der Waals surface area contributed by atoms with E-state index >= 15 is 0 Å². The van der Waals surface area contributed by atoms with Crippen LogP contribution in [-0.4, -0.2) is 65.2 Å². The number of aliphatic imine (C=N–C) groups is 1. The number of rotatable bonds is 5. The highest BCUT2D eigenvalue weighted by atomic mass is 127. The summed E-state index contributed by atoms with van der Waals surface area (Å²) in [4.78, 5) is 10.2. The number of aromatic nitrogens is 3. The molecule has 0 aromatic carbocycles. The van der Waals surface area contributed by atoms with Crippen LogP contribution in [0.25, 0.3) is 0 Å². The molecule has 0 aliphatic carbocycles. The highest BCUT2D eigenvalue weighted by molar-refractivity contribution is 14.0. The SMILES string of the molecule is CN=C(NCCS(=O)(=O)C(C)(C)C)N(C)Cc1ncnn1C.I. The molecule has 0 radical (unpaired) electrons. The lowest BCUT2D eigenvalue weighted by atomic mass is 10.3. The third-order valence-corrected chi connectivity index (χ3v) is 5.95. The molecule has 0 unspecified atom stereocenters. The third kappa shape index (κ3) is 6.24. The molecule has 0 aliphatic rings. The summed E-state index contributed by atoms with van der Waals surface area (Å²) in [7, 11) is 2.20. The minimum Gasteiger partial charge on any atom is -0.355 e. The Morgan fingerprint density at radius 3 is 2.48 bits per heavy atom. The smallest absolute Gasteiger partial charge is 0.193 e. The van der Waals surface area contributed by atoms with Gasteiger partial charge >= 0.3 is 0 Å². The summed E-state index contributed by atoms with van der Waals surface area (Å²) in [5.74, 6) is 1.48. The van der Waals surface area contributed by atoms with Gasteiger partial charge in [0, 0.05) is 27.7 Å². The Bertz CT molecular complexity index is 621. The van der Waals surface area contributed by atoms with Gasteiger partial charge in [0.05, 0.1) is 17.0 Å². The Morgan fingerprint density at radius 1 is 1.43 bits per heavy atom. The molecular weight excluding hydrogens is 431 g/mol. The van der Waals surface area contributed by atoms with Crippen molar-refractivity contribution in [1.82, 2.24) is 25.0 Å². The van der Waals surface area contributed by atoms with E-state index in [1.165, 1.54) is 6.33 Å². The van der Waals surface area contributed by atoms with Crippen LogP contribution < -0.4 is 5.32 Å². The molecule has 1 rings (SSSR count). The number of guanidine groups is 1. The lowest BCUT2D eigenvalue weighted by molar-refractivity contribution is 0.450. The number of hydrogen-bond donors (Lipinski definition) is 1. The highest BCUT2D eigenvalue weighted by Gasteiger charge is 2.28. The van der Waals surface area contributed by atoms with E-state index in [0.717, 1.165) is 5.82 Å². The average Bonchev–Trinajstić information content (AvgIpc) is 2.78. The van der Waals surface area contributed by atoms with E-state index in [9.17, 15) is 8.42 Å². The fourth-order valence-corrected chi connectivity index (χ4v) is 2.72. The monoisotopic (exact) mass is 458 g/mol. The second-order valence-electron chi connectivity index (χ2n) is 6.06. The van der Waals surface area contributed by atoms with E-state index < -0.39 is 14.6 Å². The van der Waals surface area contributed by atoms with Gasteiger partial charge in [-0.3, -0.25) is 9.67 Å². The number of nitrogens with zero attached hydrogens (tertiary/aromatic N) is 5. The molecular formula is C13H27IN6O2S. The molecule has 134 valence electrons. The summed E-state index contributed by atoms with van der Waals surface area (Å²) in [6, 6.07) is 0. The van der Waals surface area contributed by atoms with E-state index in [0.29, 0.717) is 19.0 Å². The fraction of sp³-hybridized carbons (Fsp3) is 0.769. The Morgan fingerprint density at radius 2 is 2.04 bits per heavy atom. The predicted octanol–water partition coefficient (Wildman–Crippen LogP) is 0.654. The standard InChI is InChI=1S/C13H26N6O2S.HI/c1-13(2,3)22(20,21)8-7-15-12(14-4)18(5)9-11-16-10-17-19(11)6;/h10H,7-9H2,1-6H3,(H,14,15);1H. The molecule has 0 bridgehead atoms. The first-order valence-electron chi connectivity index (χ1n) is 7.05. The van der Waals surface area contributed by atoms with E-state index in [2.05, 4.69) is 20.4 Å². The first kappa shape index (κ1) is 22.1. The molecule has 0 fully saturated rings. The zero-order valence-corrected chi connectivity index (χ0v) is 17.7. The van der Waals surface area contributed by atoms with Gasteiger partial charge in [-0.15, -0.1) is 24.0 Å². The van der Waals surface area contributed by atoms with E-state index in [1.54, 1.807) is 32.5 Å². The first-order valence-corrected chi connectivity index (χ1v) is 8.70. The molecule has 8 nitrogen and oxygen atoms in total.